The summed E-state index contributed by atoms with van der Waals surface area (Å²) in [5.41, 5.74) is 5.29. The van der Waals surface area contributed by atoms with E-state index in [1.54, 1.807) is 23.7 Å². The maximum atomic E-state index is 4.40. The molecule has 0 radical (unpaired) electrons. The highest BCUT2D eigenvalue weighted by Gasteiger charge is 2.25. The molecule has 0 amide bonds. The SMILES string of the molecule is CN1Cc2cc(-c3ncccn3)ccc2C(c2ccc3sccc3c2)C1. The normalized spacial score (nSPS) is 17.3. The molecule has 4 aromatic rings. The van der Waals surface area contributed by atoms with Gasteiger partial charge in [0.15, 0.2) is 5.82 Å². The van der Waals surface area contributed by atoms with Gasteiger partial charge in [0.2, 0.25) is 0 Å². The molecule has 0 bridgehead atoms. The van der Waals surface area contributed by atoms with E-state index >= 15 is 0 Å². The molecular weight excluding hydrogens is 338 g/mol. The first-order valence-corrected chi connectivity index (χ1v) is 9.72. The molecular formula is C22H19N3S. The Morgan fingerprint density at radius 1 is 1.04 bits per heavy atom. The van der Waals surface area contributed by atoms with Crippen molar-refractivity contribution in [1.82, 2.24) is 14.9 Å². The van der Waals surface area contributed by atoms with E-state index < -0.39 is 0 Å². The molecule has 128 valence electrons. The van der Waals surface area contributed by atoms with Crippen LogP contribution in [0.3, 0.4) is 0 Å². The summed E-state index contributed by atoms with van der Waals surface area (Å²) in [5.74, 6) is 1.19. The molecule has 0 N–H and O–H groups in total. The van der Waals surface area contributed by atoms with Crippen LogP contribution in [-0.2, 0) is 6.54 Å². The number of rotatable bonds is 2. The maximum Gasteiger partial charge on any atom is 0.159 e. The fourth-order valence-electron chi connectivity index (χ4n) is 3.92. The van der Waals surface area contributed by atoms with Gasteiger partial charge in [0.25, 0.3) is 0 Å². The molecule has 26 heavy (non-hydrogen) atoms. The average Bonchev–Trinajstić information content (AvgIpc) is 3.15. The van der Waals surface area contributed by atoms with Gasteiger partial charge in [-0.15, -0.1) is 11.3 Å². The first kappa shape index (κ1) is 15.7. The first-order chi connectivity index (χ1) is 12.8. The number of benzene rings is 2. The highest BCUT2D eigenvalue weighted by atomic mass is 32.1. The predicted molar refractivity (Wildman–Crippen MR) is 107 cm³/mol. The first-order valence-electron chi connectivity index (χ1n) is 8.84. The van der Waals surface area contributed by atoms with Crippen molar-refractivity contribution in [2.75, 3.05) is 13.6 Å². The zero-order valence-corrected chi connectivity index (χ0v) is 15.4. The maximum absolute atomic E-state index is 4.40. The molecule has 0 saturated carbocycles. The quantitative estimate of drug-likeness (QED) is 0.509. The van der Waals surface area contributed by atoms with Gasteiger partial charge in [0.1, 0.15) is 0 Å². The van der Waals surface area contributed by atoms with Gasteiger partial charge in [-0.05, 0) is 64.8 Å². The van der Waals surface area contributed by atoms with Gasteiger partial charge in [-0.2, -0.15) is 0 Å². The van der Waals surface area contributed by atoms with Crippen molar-refractivity contribution >= 4 is 21.4 Å². The molecule has 0 saturated heterocycles. The van der Waals surface area contributed by atoms with E-state index in [-0.39, 0.29) is 0 Å². The van der Waals surface area contributed by atoms with E-state index in [4.69, 9.17) is 0 Å². The molecule has 1 unspecified atom stereocenters. The Morgan fingerprint density at radius 2 is 1.92 bits per heavy atom. The number of aromatic nitrogens is 2. The minimum atomic E-state index is 0.402. The zero-order valence-electron chi connectivity index (χ0n) is 14.6. The van der Waals surface area contributed by atoms with E-state index in [2.05, 4.69) is 69.8 Å². The third-order valence-electron chi connectivity index (χ3n) is 5.16. The molecule has 5 rings (SSSR count). The van der Waals surface area contributed by atoms with Crippen LogP contribution in [0.5, 0.6) is 0 Å². The summed E-state index contributed by atoms with van der Waals surface area (Å²) >= 11 is 1.80. The van der Waals surface area contributed by atoms with Crippen LogP contribution in [0.2, 0.25) is 0 Å². The molecule has 1 aliphatic rings. The summed E-state index contributed by atoms with van der Waals surface area (Å²) in [5, 5.41) is 3.51. The lowest BCUT2D eigenvalue weighted by atomic mass is 9.84. The average molecular weight is 357 g/mol. The fraction of sp³-hybridized carbons (Fsp3) is 0.182. The van der Waals surface area contributed by atoms with Gasteiger partial charge < -0.3 is 4.90 Å². The van der Waals surface area contributed by atoms with Gasteiger partial charge in [-0.1, -0.05) is 18.2 Å². The van der Waals surface area contributed by atoms with Crippen molar-refractivity contribution < 1.29 is 0 Å². The van der Waals surface area contributed by atoms with Gasteiger partial charge in [0.05, 0.1) is 0 Å². The van der Waals surface area contributed by atoms with Crippen molar-refractivity contribution in [3.63, 3.8) is 0 Å². The Hall–Kier alpha value is -2.56. The van der Waals surface area contributed by atoms with Gasteiger partial charge in [0, 0.05) is 41.7 Å². The molecule has 1 atom stereocenters. The summed E-state index contributed by atoms with van der Waals surface area (Å²) in [6.45, 7) is 2.01. The molecule has 3 nitrogen and oxygen atoms in total. The number of hydrogen-bond acceptors (Lipinski definition) is 4. The summed E-state index contributed by atoms with van der Waals surface area (Å²) in [6.07, 6.45) is 3.60. The van der Waals surface area contributed by atoms with Crippen molar-refractivity contribution in [2.24, 2.45) is 0 Å². The summed E-state index contributed by atoms with van der Waals surface area (Å²) < 4.78 is 1.36. The van der Waals surface area contributed by atoms with E-state index in [0.717, 1.165) is 24.5 Å². The Balaban J connectivity index is 1.59. The lowest BCUT2D eigenvalue weighted by Gasteiger charge is -2.33. The smallest absolute Gasteiger partial charge is 0.159 e. The second kappa shape index (κ2) is 6.31. The van der Waals surface area contributed by atoms with Crippen LogP contribution in [0.1, 0.15) is 22.6 Å². The molecule has 4 heteroatoms. The van der Waals surface area contributed by atoms with Crippen molar-refractivity contribution in [2.45, 2.75) is 12.5 Å². The second-order valence-electron chi connectivity index (χ2n) is 6.95. The van der Waals surface area contributed by atoms with E-state index in [9.17, 15) is 0 Å². The van der Waals surface area contributed by atoms with Crippen LogP contribution in [0.25, 0.3) is 21.5 Å². The van der Waals surface area contributed by atoms with Crippen LogP contribution in [0.4, 0.5) is 0 Å². The number of likely N-dealkylation sites (N-methyl/N-ethyl adjacent to an activating group) is 1. The molecule has 3 heterocycles. The summed E-state index contributed by atoms with van der Waals surface area (Å²) in [7, 11) is 2.20. The number of fused-ring (bicyclic) bond motifs is 2. The lowest BCUT2D eigenvalue weighted by molar-refractivity contribution is 0.295. The van der Waals surface area contributed by atoms with E-state index in [1.165, 1.54) is 26.8 Å². The lowest BCUT2D eigenvalue weighted by Crippen LogP contribution is -2.31. The number of thiophene rings is 1. The topological polar surface area (TPSA) is 29.0 Å². The Morgan fingerprint density at radius 3 is 2.81 bits per heavy atom. The van der Waals surface area contributed by atoms with E-state index in [1.807, 2.05) is 6.07 Å². The largest absolute Gasteiger partial charge is 0.301 e. The van der Waals surface area contributed by atoms with Crippen molar-refractivity contribution in [1.29, 1.82) is 0 Å². The van der Waals surface area contributed by atoms with Crippen LogP contribution >= 0.6 is 11.3 Å². The minimum Gasteiger partial charge on any atom is -0.301 e. The third-order valence-corrected chi connectivity index (χ3v) is 6.05. The Bertz CT molecular complexity index is 1070. The van der Waals surface area contributed by atoms with Crippen LogP contribution in [-0.4, -0.2) is 28.5 Å². The van der Waals surface area contributed by atoms with Gasteiger partial charge >= 0.3 is 0 Å². The Kier molecular flexibility index (Phi) is 3.80. The Labute approximate surface area is 157 Å². The predicted octanol–water partition coefficient (Wildman–Crippen LogP) is 4.94. The molecule has 2 aromatic carbocycles. The van der Waals surface area contributed by atoms with Crippen LogP contribution < -0.4 is 0 Å². The van der Waals surface area contributed by atoms with E-state index in [0.29, 0.717) is 5.92 Å². The van der Waals surface area contributed by atoms with Crippen LogP contribution in [0.15, 0.2) is 66.3 Å². The standard InChI is InChI=1S/C22H19N3S/c1-25-13-18-12-17(22-23-8-2-9-24-22)3-5-19(18)20(14-25)15-4-6-21-16(11-15)7-10-26-21/h2-12,20H,13-14H2,1H3. The van der Waals surface area contributed by atoms with Gasteiger partial charge in [-0.25, -0.2) is 9.97 Å². The number of hydrogen-bond donors (Lipinski definition) is 0. The zero-order chi connectivity index (χ0) is 17.5. The summed E-state index contributed by atoms with van der Waals surface area (Å²) in [4.78, 5) is 11.2. The minimum absolute atomic E-state index is 0.402. The highest BCUT2D eigenvalue weighted by molar-refractivity contribution is 7.17. The molecule has 0 aliphatic carbocycles. The molecule has 0 spiro atoms. The molecule has 2 aromatic heterocycles. The third kappa shape index (κ3) is 2.71. The highest BCUT2D eigenvalue weighted by Crippen LogP contribution is 2.36. The van der Waals surface area contributed by atoms with Crippen molar-refractivity contribution in [3.05, 3.63) is 83.0 Å². The van der Waals surface area contributed by atoms with Crippen molar-refractivity contribution in [3.8, 4) is 11.4 Å². The second-order valence-corrected chi connectivity index (χ2v) is 7.90. The molecule has 1 aliphatic heterocycles. The molecule has 0 fully saturated rings. The van der Waals surface area contributed by atoms with Crippen LogP contribution in [0, 0.1) is 0 Å². The summed E-state index contributed by atoms with van der Waals surface area (Å²) in [6, 6.07) is 17.7. The number of nitrogens with zero attached hydrogens (tertiary/aromatic N) is 3. The fourth-order valence-corrected chi connectivity index (χ4v) is 4.69. The monoisotopic (exact) mass is 357 g/mol. The van der Waals surface area contributed by atoms with Gasteiger partial charge in [-0.3, -0.25) is 0 Å².